The second-order valence-corrected chi connectivity index (χ2v) is 5.79. The van der Waals surface area contributed by atoms with E-state index >= 15 is 0 Å². The van der Waals surface area contributed by atoms with Gasteiger partial charge in [0.2, 0.25) is 5.88 Å². The molecular weight excluding hydrogens is 300 g/mol. The smallest absolute Gasteiger partial charge is 0.319 e. The summed E-state index contributed by atoms with van der Waals surface area (Å²) in [6.45, 7) is 4.81. The Morgan fingerprint density at radius 2 is 2.39 bits per heavy atom. The number of ether oxygens (including phenoxy) is 2. The van der Waals surface area contributed by atoms with Crippen molar-refractivity contribution < 1.29 is 19.4 Å². The van der Waals surface area contributed by atoms with Crippen LogP contribution in [0.15, 0.2) is 12.1 Å². The summed E-state index contributed by atoms with van der Waals surface area (Å²) < 4.78 is 10.5. The summed E-state index contributed by atoms with van der Waals surface area (Å²) in [7, 11) is 1.54. The van der Waals surface area contributed by atoms with Crippen LogP contribution in [-0.4, -0.2) is 61.2 Å². The molecule has 2 amide bonds. The number of urea groups is 1. The molecule has 1 aromatic rings. The van der Waals surface area contributed by atoms with E-state index in [0.29, 0.717) is 30.5 Å². The second-order valence-electron chi connectivity index (χ2n) is 5.79. The maximum atomic E-state index is 12.1. The third-order valence-corrected chi connectivity index (χ3v) is 3.71. The predicted molar refractivity (Wildman–Crippen MR) is 85.8 cm³/mol. The first kappa shape index (κ1) is 17.5. The lowest BCUT2D eigenvalue weighted by atomic mass is 9.99. The Morgan fingerprint density at radius 3 is 3.00 bits per heavy atom. The number of nitrogens with zero attached hydrogens (tertiary/aromatic N) is 1. The fourth-order valence-corrected chi connectivity index (χ4v) is 2.49. The van der Waals surface area contributed by atoms with Gasteiger partial charge >= 0.3 is 6.03 Å². The van der Waals surface area contributed by atoms with Crippen molar-refractivity contribution in [2.45, 2.75) is 25.4 Å². The zero-order chi connectivity index (χ0) is 16.9. The lowest BCUT2D eigenvalue weighted by Gasteiger charge is -2.39. The van der Waals surface area contributed by atoms with Crippen molar-refractivity contribution >= 4 is 11.7 Å². The molecular formula is C15H24N4O4. The average molecular weight is 324 g/mol. The normalized spacial score (nSPS) is 24.1. The van der Waals surface area contributed by atoms with Crippen LogP contribution in [0.4, 0.5) is 10.5 Å². The molecule has 0 saturated carbocycles. The van der Waals surface area contributed by atoms with Crippen molar-refractivity contribution in [1.82, 2.24) is 15.6 Å². The highest BCUT2D eigenvalue weighted by molar-refractivity contribution is 5.89. The average Bonchev–Trinajstić information content (AvgIpc) is 2.55. The summed E-state index contributed by atoms with van der Waals surface area (Å²) in [4.78, 5) is 16.3. The Hall–Kier alpha value is -1.90. The van der Waals surface area contributed by atoms with Crippen LogP contribution in [0, 0.1) is 6.92 Å². The minimum absolute atomic E-state index is 0.119. The van der Waals surface area contributed by atoms with Crippen molar-refractivity contribution in [1.29, 1.82) is 0 Å². The number of morpholine rings is 1. The SMILES string of the molecule is COc1ccc(NC(=O)NC[C@]2(CO)COC[C@@H](C)N2)c(C)n1. The van der Waals surface area contributed by atoms with Crippen LogP contribution >= 0.6 is 0 Å². The summed E-state index contributed by atoms with van der Waals surface area (Å²) >= 11 is 0. The predicted octanol–water partition coefficient (Wildman–Crippen LogP) is 0.260. The third-order valence-electron chi connectivity index (χ3n) is 3.71. The summed E-state index contributed by atoms with van der Waals surface area (Å²) in [5, 5.41) is 18.4. The van der Waals surface area contributed by atoms with Crippen LogP contribution in [-0.2, 0) is 4.74 Å². The molecule has 2 atom stereocenters. The van der Waals surface area contributed by atoms with Crippen molar-refractivity contribution in [2.24, 2.45) is 0 Å². The lowest BCUT2D eigenvalue weighted by Crippen LogP contribution is -2.65. The lowest BCUT2D eigenvalue weighted by molar-refractivity contribution is -0.0198. The molecule has 128 valence electrons. The first-order chi connectivity index (χ1) is 11.0. The monoisotopic (exact) mass is 324 g/mol. The minimum atomic E-state index is -0.664. The van der Waals surface area contributed by atoms with Gasteiger partial charge in [0.05, 0.1) is 43.9 Å². The van der Waals surface area contributed by atoms with Crippen molar-refractivity contribution in [2.75, 3.05) is 38.8 Å². The van der Waals surface area contributed by atoms with Gasteiger partial charge in [0.25, 0.3) is 0 Å². The number of aromatic nitrogens is 1. The molecule has 0 bridgehead atoms. The number of carbonyl (C=O) groups is 1. The molecule has 23 heavy (non-hydrogen) atoms. The number of carbonyl (C=O) groups excluding carboxylic acids is 1. The van der Waals surface area contributed by atoms with E-state index in [9.17, 15) is 9.90 Å². The fraction of sp³-hybridized carbons (Fsp3) is 0.600. The highest BCUT2D eigenvalue weighted by Crippen LogP contribution is 2.17. The number of hydrogen-bond acceptors (Lipinski definition) is 6. The van der Waals surface area contributed by atoms with Gasteiger partial charge in [0.1, 0.15) is 0 Å². The van der Waals surface area contributed by atoms with Gasteiger partial charge in [-0.25, -0.2) is 9.78 Å². The third kappa shape index (κ3) is 4.54. The molecule has 1 fully saturated rings. The van der Waals surface area contributed by atoms with Crippen LogP contribution in [0.1, 0.15) is 12.6 Å². The van der Waals surface area contributed by atoms with Gasteiger partial charge in [-0.05, 0) is 19.9 Å². The number of anilines is 1. The number of aliphatic hydroxyl groups excluding tert-OH is 1. The highest BCUT2D eigenvalue weighted by atomic mass is 16.5. The molecule has 8 heteroatoms. The molecule has 1 aliphatic heterocycles. The molecule has 1 aliphatic rings. The molecule has 0 aliphatic carbocycles. The number of amides is 2. The standard InChI is InChI=1S/C15H24N4O4/c1-10-6-23-9-15(8-20,19-10)7-16-14(21)18-12-4-5-13(22-3)17-11(12)2/h4-5,10,19-20H,6-9H2,1-3H3,(H2,16,18,21)/t10-,15+/m1/s1. The molecule has 4 N–H and O–H groups in total. The largest absolute Gasteiger partial charge is 0.481 e. The van der Waals surface area contributed by atoms with Gasteiger partial charge in [0, 0.05) is 18.7 Å². The molecule has 1 aromatic heterocycles. The molecule has 8 nitrogen and oxygen atoms in total. The fourth-order valence-electron chi connectivity index (χ4n) is 2.49. The summed E-state index contributed by atoms with van der Waals surface area (Å²) in [6.07, 6.45) is 0. The van der Waals surface area contributed by atoms with Crippen LogP contribution in [0.25, 0.3) is 0 Å². The van der Waals surface area contributed by atoms with Gasteiger partial charge in [-0.2, -0.15) is 0 Å². The highest BCUT2D eigenvalue weighted by Gasteiger charge is 2.35. The zero-order valence-corrected chi connectivity index (χ0v) is 13.7. The molecule has 2 rings (SSSR count). The van der Waals surface area contributed by atoms with Crippen LogP contribution in [0.5, 0.6) is 5.88 Å². The van der Waals surface area contributed by atoms with E-state index in [2.05, 4.69) is 20.9 Å². The molecule has 0 unspecified atom stereocenters. The van der Waals surface area contributed by atoms with E-state index in [-0.39, 0.29) is 25.2 Å². The quantitative estimate of drug-likeness (QED) is 0.619. The van der Waals surface area contributed by atoms with E-state index in [4.69, 9.17) is 9.47 Å². The summed E-state index contributed by atoms with van der Waals surface area (Å²) in [5.74, 6) is 0.491. The molecule has 0 aromatic carbocycles. The van der Waals surface area contributed by atoms with Gasteiger partial charge in [-0.15, -0.1) is 0 Å². The Morgan fingerprint density at radius 1 is 1.61 bits per heavy atom. The van der Waals surface area contributed by atoms with Gasteiger partial charge < -0.3 is 30.5 Å². The second kappa shape index (κ2) is 7.58. The summed E-state index contributed by atoms with van der Waals surface area (Å²) in [6, 6.07) is 3.16. The summed E-state index contributed by atoms with van der Waals surface area (Å²) in [5.41, 5.74) is 0.592. The Balaban J connectivity index is 1.91. The van der Waals surface area contributed by atoms with Crippen LogP contribution < -0.4 is 20.7 Å². The van der Waals surface area contributed by atoms with Crippen LogP contribution in [0.2, 0.25) is 0 Å². The number of methoxy groups -OCH3 is 1. The van der Waals surface area contributed by atoms with Crippen LogP contribution in [0.3, 0.4) is 0 Å². The van der Waals surface area contributed by atoms with E-state index in [1.807, 2.05) is 6.92 Å². The van der Waals surface area contributed by atoms with Gasteiger partial charge in [-0.3, -0.25) is 0 Å². The van der Waals surface area contributed by atoms with Gasteiger partial charge in [0.15, 0.2) is 0 Å². The first-order valence-electron chi connectivity index (χ1n) is 7.51. The number of pyridine rings is 1. The first-order valence-corrected chi connectivity index (χ1v) is 7.51. The zero-order valence-electron chi connectivity index (χ0n) is 13.7. The Labute approximate surface area is 135 Å². The maximum absolute atomic E-state index is 12.1. The number of rotatable bonds is 5. The Kier molecular flexibility index (Phi) is 5.75. The van der Waals surface area contributed by atoms with E-state index in [1.54, 1.807) is 19.1 Å². The Bertz CT molecular complexity index is 554. The number of hydrogen-bond donors (Lipinski definition) is 4. The number of aryl methyl sites for hydroxylation is 1. The van der Waals surface area contributed by atoms with E-state index < -0.39 is 5.54 Å². The topological polar surface area (TPSA) is 105 Å². The number of aliphatic hydroxyl groups is 1. The van der Waals surface area contributed by atoms with Crippen molar-refractivity contribution in [3.8, 4) is 5.88 Å². The number of nitrogens with one attached hydrogen (secondary N) is 3. The van der Waals surface area contributed by atoms with Gasteiger partial charge in [-0.1, -0.05) is 0 Å². The molecule has 1 saturated heterocycles. The molecule has 0 radical (unpaired) electrons. The van der Waals surface area contributed by atoms with E-state index in [0.717, 1.165) is 0 Å². The minimum Gasteiger partial charge on any atom is -0.481 e. The molecule has 0 spiro atoms. The van der Waals surface area contributed by atoms with Crippen molar-refractivity contribution in [3.63, 3.8) is 0 Å². The van der Waals surface area contributed by atoms with E-state index in [1.165, 1.54) is 7.11 Å². The van der Waals surface area contributed by atoms with Crippen molar-refractivity contribution in [3.05, 3.63) is 17.8 Å². The molecule has 2 heterocycles. The maximum Gasteiger partial charge on any atom is 0.319 e.